The molecule has 0 saturated carbocycles. The Balaban J connectivity index is 1.59. The number of carbonyl (C=O) groups is 2. The van der Waals surface area contributed by atoms with Crippen LogP contribution in [0, 0.1) is 0 Å². The van der Waals surface area contributed by atoms with Gasteiger partial charge < -0.3 is 10.6 Å². The lowest BCUT2D eigenvalue weighted by Gasteiger charge is -2.15. The monoisotopic (exact) mass is 345 g/mol. The van der Waals surface area contributed by atoms with Crippen molar-refractivity contribution < 1.29 is 9.59 Å². The highest BCUT2D eigenvalue weighted by atomic mass is 32.1. The van der Waals surface area contributed by atoms with E-state index in [0.717, 1.165) is 34.7 Å². The number of hydrogen-bond donors (Lipinski definition) is 3. The van der Waals surface area contributed by atoms with Crippen molar-refractivity contribution in [3.05, 3.63) is 34.3 Å². The van der Waals surface area contributed by atoms with Gasteiger partial charge in [0.05, 0.1) is 12.5 Å². The number of fused-ring (bicyclic) bond motifs is 1. The summed E-state index contributed by atoms with van der Waals surface area (Å²) in [5.41, 5.74) is 2.75. The van der Waals surface area contributed by atoms with Crippen molar-refractivity contribution in [1.82, 2.24) is 15.5 Å². The third-order valence-electron chi connectivity index (χ3n) is 3.75. The van der Waals surface area contributed by atoms with Crippen molar-refractivity contribution in [3.63, 3.8) is 0 Å². The molecule has 0 bridgehead atoms. The molecule has 1 aliphatic rings. The molecule has 1 unspecified atom stereocenters. The summed E-state index contributed by atoms with van der Waals surface area (Å²) in [5.74, 6) is -0.000316. The van der Waals surface area contributed by atoms with Crippen LogP contribution in [-0.2, 0) is 17.6 Å². The lowest BCUT2D eigenvalue weighted by molar-refractivity contribution is -0.115. The molecule has 3 N–H and O–H groups in total. The van der Waals surface area contributed by atoms with Crippen LogP contribution in [0.3, 0.4) is 0 Å². The molecule has 2 aromatic rings. The molecule has 7 nitrogen and oxygen atoms in total. The first-order valence-electron chi connectivity index (χ1n) is 7.87. The lowest BCUT2D eigenvalue weighted by Crippen LogP contribution is -2.31. The number of urea groups is 1. The minimum absolute atomic E-state index is 0.000316. The van der Waals surface area contributed by atoms with Gasteiger partial charge in [-0.3, -0.25) is 10.1 Å². The Labute approximate surface area is 143 Å². The van der Waals surface area contributed by atoms with Crippen LogP contribution < -0.4 is 16.0 Å². The summed E-state index contributed by atoms with van der Waals surface area (Å²) >= 11 is 1.39. The first-order valence-corrected chi connectivity index (χ1v) is 8.69. The summed E-state index contributed by atoms with van der Waals surface area (Å²) in [6, 6.07) is 5.21. The van der Waals surface area contributed by atoms with E-state index in [1.807, 2.05) is 25.1 Å². The second-order valence-electron chi connectivity index (χ2n) is 5.71. The Kier molecular flexibility index (Phi) is 4.75. The van der Waals surface area contributed by atoms with Crippen LogP contribution in [0.1, 0.15) is 42.4 Å². The van der Waals surface area contributed by atoms with Gasteiger partial charge in [0.15, 0.2) is 0 Å². The van der Waals surface area contributed by atoms with Crippen LogP contribution >= 0.6 is 11.3 Å². The molecule has 24 heavy (non-hydrogen) atoms. The molecule has 1 aromatic carbocycles. The molecular formula is C16H19N5O2S. The molecule has 1 aromatic heterocycles. The minimum Gasteiger partial charge on any atom is -0.331 e. The maximum atomic E-state index is 12.1. The molecule has 1 atom stereocenters. The van der Waals surface area contributed by atoms with Crippen molar-refractivity contribution in [2.75, 3.05) is 10.6 Å². The van der Waals surface area contributed by atoms with Crippen molar-refractivity contribution in [1.29, 1.82) is 0 Å². The highest BCUT2D eigenvalue weighted by Gasteiger charge is 2.19. The molecule has 8 heteroatoms. The predicted molar refractivity (Wildman–Crippen MR) is 93.2 cm³/mol. The summed E-state index contributed by atoms with van der Waals surface area (Å²) in [5, 5.41) is 17.8. The van der Waals surface area contributed by atoms with Gasteiger partial charge in [-0.15, -0.1) is 10.2 Å². The number of amides is 3. The quantitative estimate of drug-likeness (QED) is 0.776. The minimum atomic E-state index is -0.323. The van der Waals surface area contributed by atoms with Gasteiger partial charge in [0.2, 0.25) is 11.0 Å². The zero-order valence-electron chi connectivity index (χ0n) is 13.5. The second-order valence-corrected chi connectivity index (χ2v) is 6.77. The van der Waals surface area contributed by atoms with Gasteiger partial charge in [-0.2, -0.15) is 0 Å². The van der Waals surface area contributed by atoms with Crippen LogP contribution in [0.15, 0.2) is 18.2 Å². The molecule has 0 radical (unpaired) electrons. The van der Waals surface area contributed by atoms with Gasteiger partial charge in [-0.1, -0.05) is 30.4 Å². The summed E-state index contributed by atoms with van der Waals surface area (Å²) in [6.07, 6.45) is 2.24. The summed E-state index contributed by atoms with van der Waals surface area (Å²) in [4.78, 5) is 23.5. The third-order valence-corrected chi connectivity index (χ3v) is 4.65. The maximum Gasteiger partial charge on any atom is 0.321 e. The number of hydrogen-bond acceptors (Lipinski definition) is 5. The van der Waals surface area contributed by atoms with E-state index in [0.29, 0.717) is 11.6 Å². The van der Waals surface area contributed by atoms with E-state index in [9.17, 15) is 9.59 Å². The second kappa shape index (κ2) is 6.96. The molecule has 0 saturated heterocycles. The van der Waals surface area contributed by atoms with Gasteiger partial charge in [-0.05, 0) is 30.5 Å². The van der Waals surface area contributed by atoms with Crippen molar-refractivity contribution >= 4 is 34.1 Å². The SMILES string of the molecule is CCCc1nnc(NC(=O)NC(C)c2ccc3c(c2)CC(=O)N3)s1. The van der Waals surface area contributed by atoms with E-state index in [2.05, 4.69) is 33.1 Å². The van der Waals surface area contributed by atoms with E-state index >= 15 is 0 Å². The summed E-state index contributed by atoms with van der Waals surface area (Å²) in [7, 11) is 0. The molecule has 2 heterocycles. The number of nitrogens with zero attached hydrogens (tertiary/aromatic N) is 2. The number of benzene rings is 1. The first-order chi connectivity index (χ1) is 11.5. The molecule has 1 aliphatic heterocycles. The lowest BCUT2D eigenvalue weighted by atomic mass is 10.0. The average Bonchev–Trinajstić information content (AvgIpc) is 3.11. The van der Waals surface area contributed by atoms with Gasteiger partial charge in [-0.25, -0.2) is 4.79 Å². The topological polar surface area (TPSA) is 96.0 Å². The van der Waals surface area contributed by atoms with E-state index < -0.39 is 0 Å². The number of anilines is 2. The Morgan fingerprint density at radius 1 is 1.42 bits per heavy atom. The molecule has 126 valence electrons. The van der Waals surface area contributed by atoms with E-state index in [1.54, 1.807) is 0 Å². The summed E-state index contributed by atoms with van der Waals surface area (Å²) < 4.78 is 0. The van der Waals surface area contributed by atoms with Crippen LogP contribution in [0.5, 0.6) is 0 Å². The van der Waals surface area contributed by atoms with Crippen LogP contribution in [0.4, 0.5) is 15.6 Å². The summed E-state index contributed by atoms with van der Waals surface area (Å²) in [6.45, 7) is 3.97. The number of carbonyl (C=O) groups excluding carboxylic acids is 2. The number of aromatic nitrogens is 2. The fourth-order valence-electron chi connectivity index (χ4n) is 2.55. The number of rotatable bonds is 5. The van der Waals surface area contributed by atoms with Crippen LogP contribution in [0.2, 0.25) is 0 Å². The van der Waals surface area contributed by atoms with E-state index in [1.165, 1.54) is 11.3 Å². The van der Waals surface area contributed by atoms with Crippen molar-refractivity contribution in [2.45, 2.75) is 39.2 Å². The Morgan fingerprint density at radius 3 is 3.04 bits per heavy atom. The van der Waals surface area contributed by atoms with Crippen LogP contribution in [0.25, 0.3) is 0 Å². The Hall–Kier alpha value is -2.48. The predicted octanol–water partition coefficient (Wildman–Crippen LogP) is 2.87. The fraction of sp³-hybridized carbons (Fsp3) is 0.375. The number of nitrogens with one attached hydrogen (secondary N) is 3. The van der Waals surface area contributed by atoms with E-state index in [4.69, 9.17) is 0 Å². The molecule has 0 fully saturated rings. The van der Waals surface area contributed by atoms with E-state index in [-0.39, 0.29) is 18.0 Å². The van der Waals surface area contributed by atoms with Gasteiger partial charge in [0, 0.05) is 12.1 Å². The molecule has 0 aliphatic carbocycles. The van der Waals surface area contributed by atoms with Crippen molar-refractivity contribution in [2.24, 2.45) is 0 Å². The molecule has 3 rings (SSSR count). The van der Waals surface area contributed by atoms with Gasteiger partial charge in [0.25, 0.3) is 0 Å². The van der Waals surface area contributed by atoms with Crippen LogP contribution in [-0.4, -0.2) is 22.1 Å². The molecule has 0 spiro atoms. The molecule has 3 amide bonds. The largest absolute Gasteiger partial charge is 0.331 e. The number of aryl methyl sites for hydroxylation is 1. The highest BCUT2D eigenvalue weighted by molar-refractivity contribution is 7.15. The maximum absolute atomic E-state index is 12.1. The fourth-order valence-corrected chi connectivity index (χ4v) is 3.39. The van der Waals surface area contributed by atoms with Gasteiger partial charge >= 0.3 is 6.03 Å². The smallest absolute Gasteiger partial charge is 0.321 e. The Morgan fingerprint density at radius 2 is 2.25 bits per heavy atom. The third kappa shape index (κ3) is 3.70. The first kappa shape index (κ1) is 16.4. The van der Waals surface area contributed by atoms with Gasteiger partial charge in [0.1, 0.15) is 5.01 Å². The highest BCUT2D eigenvalue weighted by Crippen LogP contribution is 2.26. The van der Waals surface area contributed by atoms with Crippen molar-refractivity contribution in [3.8, 4) is 0 Å². The zero-order valence-corrected chi connectivity index (χ0v) is 14.4. The zero-order chi connectivity index (χ0) is 17.1. The normalized spacial score (nSPS) is 14.0. The Bertz CT molecular complexity index is 774. The molecular weight excluding hydrogens is 326 g/mol. The average molecular weight is 345 g/mol. The standard InChI is InChI=1S/C16H19N5O2S/c1-3-4-14-20-21-16(24-14)19-15(23)17-9(2)10-5-6-12-11(7-10)8-13(22)18-12/h5-7,9H,3-4,8H2,1-2H3,(H,18,22)(H2,17,19,21,23).